The number of likely N-dealkylation sites (N-methyl/N-ethyl adjacent to an activating group) is 2. The Morgan fingerprint density at radius 3 is 2.85 bits per heavy atom. The highest BCUT2D eigenvalue weighted by atomic mass is 15.3. The van der Waals surface area contributed by atoms with E-state index in [2.05, 4.69) is 17.0 Å². The van der Waals surface area contributed by atoms with Crippen LogP contribution in [-0.2, 0) is 0 Å². The summed E-state index contributed by atoms with van der Waals surface area (Å²) in [6, 6.07) is 0.450. The fourth-order valence-corrected chi connectivity index (χ4v) is 1.73. The molecule has 5 heteroatoms. The topological polar surface area (TPSA) is 70.9 Å². The fraction of sp³-hybridized carbons (Fsp3) is 0.875. The maximum atomic E-state index is 5.63. The maximum Gasteiger partial charge on any atom is 0.213 e. The third-order valence-corrected chi connectivity index (χ3v) is 2.64. The van der Waals surface area contributed by atoms with Crippen LogP contribution in [0.25, 0.3) is 0 Å². The second-order valence-corrected chi connectivity index (χ2v) is 3.66. The number of hydrogen-bond acceptors (Lipinski definition) is 3. The van der Waals surface area contributed by atoms with Gasteiger partial charge in [0.2, 0.25) is 5.96 Å². The fourth-order valence-electron chi connectivity index (χ4n) is 1.73. The van der Waals surface area contributed by atoms with Gasteiger partial charge in [-0.05, 0) is 26.4 Å². The van der Waals surface area contributed by atoms with Gasteiger partial charge in [0.05, 0.1) is 0 Å². The third kappa shape index (κ3) is 2.48. The Balaban J connectivity index is 2.50. The summed E-state index contributed by atoms with van der Waals surface area (Å²) in [5.41, 5.74) is 5.63. The van der Waals surface area contributed by atoms with Gasteiger partial charge in [0.1, 0.15) is 0 Å². The van der Waals surface area contributed by atoms with Crippen molar-refractivity contribution in [1.82, 2.24) is 9.80 Å². The van der Waals surface area contributed by atoms with Gasteiger partial charge in [-0.25, -0.2) is 0 Å². The van der Waals surface area contributed by atoms with Gasteiger partial charge >= 0.3 is 0 Å². The largest absolute Gasteiger partial charge is 0.368 e. The van der Waals surface area contributed by atoms with E-state index < -0.39 is 0 Å². The molecule has 0 bridgehead atoms. The summed E-state index contributed by atoms with van der Waals surface area (Å²) in [5.74, 6) is 5.54. The van der Waals surface area contributed by atoms with Crippen molar-refractivity contribution in [3.05, 3.63) is 0 Å². The highest BCUT2D eigenvalue weighted by molar-refractivity contribution is 5.77. The Labute approximate surface area is 79.4 Å². The number of hydrazone groups is 1. The molecule has 0 spiro atoms. The number of rotatable bonds is 1. The van der Waals surface area contributed by atoms with E-state index in [0.717, 1.165) is 13.0 Å². The summed E-state index contributed by atoms with van der Waals surface area (Å²) >= 11 is 0. The monoisotopic (exact) mass is 185 g/mol. The average Bonchev–Trinajstić information content (AvgIpc) is 2.15. The zero-order valence-electron chi connectivity index (χ0n) is 8.40. The normalized spacial score (nSPS) is 26.0. The molecule has 1 atom stereocenters. The molecule has 76 valence electrons. The van der Waals surface area contributed by atoms with Gasteiger partial charge in [0, 0.05) is 19.6 Å². The molecular weight excluding hydrogens is 166 g/mol. The summed E-state index contributed by atoms with van der Waals surface area (Å²) in [6.45, 7) is 2.21. The standard InChI is InChI=1S/C8H19N5/c1-12-5-3-4-7(6-12)13(2)8(9)11-10/h7H,3-6,10H2,1-2H3,(H2,9,11). The van der Waals surface area contributed by atoms with Gasteiger partial charge in [0.15, 0.2) is 0 Å². The van der Waals surface area contributed by atoms with Gasteiger partial charge in [0.25, 0.3) is 0 Å². The molecule has 13 heavy (non-hydrogen) atoms. The lowest BCUT2D eigenvalue weighted by Crippen LogP contribution is -2.49. The van der Waals surface area contributed by atoms with Crippen LogP contribution in [0.15, 0.2) is 5.10 Å². The number of guanidine groups is 1. The van der Waals surface area contributed by atoms with E-state index in [1.807, 2.05) is 11.9 Å². The number of hydrogen-bond donors (Lipinski definition) is 2. The second kappa shape index (κ2) is 4.32. The summed E-state index contributed by atoms with van der Waals surface area (Å²) in [7, 11) is 4.06. The zero-order chi connectivity index (χ0) is 9.84. The van der Waals surface area contributed by atoms with Crippen molar-refractivity contribution in [3.8, 4) is 0 Å². The molecule has 1 fully saturated rings. The van der Waals surface area contributed by atoms with E-state index >= 15 is 0 Å². The molecule has 0 saturated carbocycles. The van der Waals surface area contributed by atoms with Crippen LogP contribution in [-0.4, -0.2) is 49.0 Å². The second-order valence-electron chi connectivity index (χ2n) is 3.66. The van der Waals surface area contributed by atoms with E-state index in [-0.39, 0.29) is 0 Å². The number of piperidine rings is 1. The maximum absolute atomic E-state index is 5.63. The minimum absolute atomic E-state index is 0.417. The molecule has 1 aliphatic heterocycles. The first-order valence-electron chi connectivity index (χ1n) is 4.60. The lowest BCUT2D eigenvalue weighted by Gasteiger charge is -2.36. The molecule has 0 radical (unpaired) electrons. The van der Waals surface area contributed by atoms with Gasteiger partial charge in [-0.3, -0.25) is 0 Å². The Bertz CT molecular complexity index is 191. The van der Waals surface area contributed by atoms with Crippen molar-refractivity contribution >= 4 is 5.96 Å². The zero-order valence-corrected chi connectivity index (χ0v) is 8.40. The summed E-state index contributed by atoms with van der Waals surface area (Å²) in [6.07, 6.45) is 2.38. The van der Waals surface area contributed by atoms with Crippen LogP contribution in [0.2, 0.25) is 0 Å². The molecule has 5 nitrogen and oxygen atoms in total. The van der Waals surface area contributed by atoms with Crippen LogP contribution < -0.4 is 11.6 Å². The lowest BCUT2D eigenvalue weighted by atomic mass is 10.1. The molecule has 4 N–H and O–H groups in total. The van der Waals surface area contributed by atoms with Crippen LogP contribution >= 0.6 is 0 Å². The molecule has 1 saturated heterocycles. The van der Waals surface area contributed by atoms with Crippen molar-refractivity contribution in [2.75, 3.05) is 27.2 Å². The van der Waals surface area contributed by atoms with Crippen molar-refractivity contribution in [2.45, 2.75) is 18.9 Å². The third-order valence-electron chi connectivity index (χ3n) is 2.64. The van der Waals surface area contributed by atoms with Gasteiger partial charge in [-0.1, -0.05) is 0 Å². The highest BCUT2D eigenvalue weighted by Crippen LogP contribution is 2.12. The molecule has 0 aromatic heterocycles. The molecule has 0 aromatic rings. The van der Waals surface area contributed by atoms with Crippen LogP contribution in [0.4, 0.5) is 0 Å². The van der Waals surface area contributed by atoms with Crippen molar-refractivity contribution in [1.29, 1.82) is 0 Å². The van der Waals surface area contributed by atoms with E-state index in [1.54, 1.807) is 0 Å². The minimum atomic E-state index is 0.417. The average molecular weight is 185 g/mol. The van der Waals surface area contributed by atoms with E-state index in [9.17, 15) is 0 Å². The Morgan fingerprint density at radius 1 is 1.62 bits per heavy atom. The molecule has 1 unspecified atom stereocenters. The van der Waals surface area contributed by atoms with E-state index in [0.29, 0.717) is 12.0 Å². The SMILES string of the molecule is CN1CCCC(N(C)C(N)=NN)C1. The summed E-state index contributed by atoms with van der Waals surface area (Å²) in [4.78, 5) is 4.25. The molecule has 0 aliphatic carbocycles. The predicted molar refractivity (Wildman–Crippen MR) is 54.1 cm³/mol. The first-order chi connectivity index (χ1) is 6.15. The molecule has 1 rings (SSSR count). The van der Waals surface area contributed by atoms with Gasteiger partial charge < -0.3 is 21.4 Å². The van der Waals surface area contributed by atoms with Crippen LogP contribution in [0, 0.1) is 0 Å². The van der Waals surface area contributed by atoms with E-state index in [4.69, 9.17) is 11.6 Å². The van der Waals surface area contributed by atoms with Crippen molar-refractivity contribution in [2.24, 2.45) is 16.7 Å². The molecule has 1 heterocycles. The van der Waals surface area contributed by atoms with Crippen LogP contribution in [0.5, 0.6) is 0 Å². The number of nitrogens with two attached hydrogens (primary N) is 2. The predicted octanol–water partition coefficient (Wildman–Crippen LogP) is -0.799. The van der Waals surface area contributed by atoms with Gasteiger partial charge in [-0.15, -0.1) is 5.10 Å². The summed E-state index contributed by atoms with van der Waals surface area (Å²) < 4.78 is 0. The van der Waals surface area contributed by atoms with Gasteiger partial charge in [-0.2, -0.15) is 0 Å². The Kier molecular flexibility index (Phi) is 3.36. The number of nitrogens with zero attached hydrogens (tertiary/aromatic N) is 3. The molecule has 0 amide bonds. The molecule has 1 aliphatic rings. The Hall–Kier alpha value is -0.970. The first kappa shape index (κ1) is 10.1. The van der Waals surface area contributed by atoms with Crippen LogP contribution in [0.3, 0.4) is 0 Å². The minimum Gasteiger partial charge on any atom is -0.368 e. The van der Waals surface area contributed by atoms with Crippen molar-refractivity contribution < 1.29 is 0 Å². The molecule has 0 aromatic carbocycles. The lowest BCUT2D eigenvalue weighted by molar-refractivity contribution is 0.181. The summed E-state index contributed by atoms with van der Waals surface area (Å²) in [5, 5.41) is 3.49. The quantitative estimate of drug-likeness (QED) is 0.243. The van der Waals surface area contributed by atoms with Crippen molar-refractivity contribution in [3.63, 3.8) is 0 Å². The molecular formula is C8H19N5. The van der Waals surface area contributed by atoms with E-state index in [1.165, 1.54) is 13.0 Å². The highest BCUT2D eigenvalue weighted by Gasteiger charge is 2.21. The van der Waals surface area contributed by atoms with Crippen LogP contribution in [0.1, 0.15) is 12.8 Å². The smallest absolute Gasteiger partial charge is 0.213 e. The Morgan fingerprint density at radius 2 is 2.31 bits per heavy atom. The first-order valence-corrected chi connectivity index (χ1v) is 4.60. The number of likely N-dealkylation sites (tertiary alicyclic amines) is 1.